The van der Waals surface area contributed by atoms with Crippen molar-refractivity contribution in [3.05, 3.63) is 65.9 Å². The number of pyridine rings is 1. The highest BCUT2D eigenvalue weighted by Gasteiger charge is 2.12. The summed E-state index contributed by atoms with van der Waals surface area (Å²) in [5, 5.41) is 5.35. The van der Waals surface area contributed by atoms with E-state index in [4.69, 9.17) is 4.74 Å². The van der Waals surface area contributed by atoms with Gasteiger partial charge in [-0.15, -0.1) is 23.1 Å². The molecule has 0 fully saturated rings. The van der Waals surface area contributed by atoms with Gasteiger partial charge in [0, 0.05) is 40.5 Å². The second-order valence-corrected chi connectivity index (χ2v) is 7.76. The normalized spacial score (nSPS) is 10.4. The number of amides is 1. The Balaban J connectivity index is 1.34. The van der Waals surface area contributed by atoms with Crippen molar-refractivity contribution < 1.29 is 14.3 Å². The maximum absolute atomic E-state index is 11.9. The predicted molar refractivity (Wildman–Crippen MR) is 110 cm³/mol. The number of thioether (sulfide) groups is 1. The molecule has 0 saturated carbocycles. The number of carbonyl (C=O) groups is 2. The van der Waals surface area contributed by atoms with Crippen LogP contribution in [0.25, 0.3) is 10.6 Å². The van der Waals surface area contributed by atoms with E-state index in [1.165, 1.54) is 11.3 Å². The van der Waals surface area contributed by atoms with Crippen molar-refractivity contribution in [2.45, 2.75) is 11.3 Å². The molecule has 0 saturated heterocycles. The van der Waals surface area contributed by atoms with Gasteiger partial charge in [-0.3, -0.25) is 14.6 Å². The van der Waals surface area contributed by atoms with Gasteiger partial charge in [0.15, 0.2) is 6.61 Å². The Bertz CT molecular complexity index is 901. The van der Waals surface area contributed by atoms with Gasteiger partial charge in [0.25, 0.3) is 5.91 Å². The van der Waals surface area contributed by atoms with E-state index in [1.807, 2.05) is 47.8 Å². The topological polar surface area (TPSA) is 81.2 Å². The molecule has 0 atom stereocenters. The molecular formula is C20H19N3O3S2. The molecule has 3 rings (SSSR count). The largest absolute Gasteiger partial charge is 0.455 e. The van der Waals surface area contributed by atoms with Crippen LogP contribution in [0.1, 0.15) is 5.69 Å². The quantitative estimate of drug-likeness (QED) is 0.330. The van der Waals surface area contributed by atoms with Gasteiger partial charge in [-0.2, -0.15) is 0 Å². The van der Waals surface area contributed by atoms with Gasteiger partial charge in [0.2, 0.25) is 0 Å². The van der Waals surface area contributed by atoms with Crippen LogP contribution in [0.4, 0.5) is 0 Å². The van der Waals surface area contributed by atoms with E-state index in [0.717, 1.165) is 21.2 Å². The zero-order valence-corrected chi connectivity index (χ0v) is 16.7. The molecule has 2 heterocycles. The summed E-state index contributed by atoms with van der Waals surface area (Å²) in [5.74, 6) is -0.0344. The van der Waals surface area contributed by atoms with Crippen molar-refractivity contribution in [3.63, 3.8) is 0 Å². The van der Waals surface area contributed by atoms with E-state index < -0.39 is 5.97 Å². The van der Waals surface area contributed by atoms with Crippen LogP contribution in [0.2, 0.25) is 0 Å². The zero-order chi connectivity index (χ0) is 19.6. The lowest BCUT2D eigenvalue weighted by Crippen LogP contribution is -2.30. The van der Waals surface area contributed by atoms with E-state index >= 15 is 0 Å². The smallest absolute Gasteiger partial charge is 0.312 e. The number of hydrogen-bond acceptors (Lipinski definition) is 7. The molecule has 0 radical (unpaired) electrons. The fourth-order valence-electron chi connectivity index (χ4n) is 2.28. The molecule has 28 heavy (non-hydrogen) atoms. The van der Waals surface area contributed by atoms with Crippen molar-refractivity contribution >= 4 is 35.0 Å². The molecule has 1 amide bonds. The van der Waals surface area contributed by atoms with Crippen molar-refractivity contribution in [2.75, 3.05) is 18.9 Å². The average molecular weight is 414 g/mol. The van der Waals surface area contributed by atoms with Crippen molar-refractivity contribution in [1.29, 1.82) is 0 Å². The Kier molecular flexibility index (Phi) is 7.57. The first kappa shape index (κ1) is 20.0. The van der Waals surface area contributed by atoms with Crippen LogP contribution in [0.3, 0.4) is 0 Å². The fraction of sp³-hybridized carbons (Fsp3) is 0.200. The molecule has 1 aromatic carbocycles. The van der Waals surface area contributed by atoms with Gasteiger partial charge < -0.3 is 10.1 Å². The summed E-state index contributed by atoms with van der Waals surface area (Å²) in [4.78, 5) is 33.3. The fourth-order valence-corrected chi connectivity index (χ4v) is 3.88. The number of ether oxygens (including phenoxy) is 1. The standard InChI is InChI=1S/C20H19N3O3S2/c24-18(22-9-10-27-17-6-2-1-3-7-17)13-26-19(25)11-16-14-28-20(23-16)15-5-4-8-21-12-15/h1-8,12,14H,9-11,13H2,(H,22,24). The Hall–Kier alpha value is -2.71. The first-order chi connectivity index (χ1) is 13.7. The number of hydrogen-bond donors (Lipinski definition) is 1. The second-order valence-electron chi connectivity index (χ2n) is 5.73. The van der Waals surface area contributed by atoms with Crippen LogP contribution in [0.15, 0.2) is 65.1 Å². The Morgan fingerprint density at radius 2 is 2.00 bits per heavy atom. The lowest BCUT2D eigenvalue weighted by Gasteiger charge is -2.06. The number of rotatable bonds is 9. The summed E-state index contributed by atoms with van der Waals surface area (Å²) < 4.78 is 5.03. The van der Waals surface area contributed by atoms with Gasteiger partial charge in [0.1, 0.15) is 5.01 Å². The minimum atomic E-state index is -0.475. The number of carbonyl (C=O) groups excluding carboxylic acids is 2. The number of thiazole rings is 1. The van der Waals surface area contributed by atoms with E-state index in [1.54, 1.807) is 24.2 Å². The molecule has 0 aliphatic heterocycles. The third kappa shape index (κ3) is 6.47. The first-order valence-corrected chi connectivity index (χ1v) is 10.5. The van der Waals surface area contributed by atoms with Gasteiger partial charge in [-0.05, 0) is 24.3 Å². The molecule has 8 heteroatoms. The Morgan fingerprint density at radius 1 is 1.14 bits per heavy atom. The van der Waals surface area contributed by atoms with Crippen LogP contribution in [-0.2, 0) is 20.7 Å². The molecular weight excluding hydrogens is 394 g/mol. The summed E-state index contributed by atoms with van der Waals surface area (Å²) in [7, 11) is 0. The van der Waals surface area contributed by atoms with E-state index in [0.29, 0.717) is 12.2 Å². The number of benzene rings is 1. The minimum Gasteiger partial charge on any atom is -0.455 e. The number of nitrogens with one attached hydrogen (secondary N) is 1. The van der Waals surface area contributed by atoms with Crippen LogP contribution in [-0.4, -0.2) is 40.7 Å². The van der Waals surface area contributed by atoms with Crippen molar-refractivity contribution in [1.82, 2.24) is 15.3 Å². The lowest BCUT2D eigenvalue weighted by atomic mass is 10.3. The van der Waals surface area contributed by atoms with Gasteiger partial charge in [-0.25, -0.2) is 4.98 Å². The second kappa shape index (κ2) is 10.6. The summed E-state index contributed by atoms with van der Waals surface area (Å²) in [6.45, 7) is 0.227. The highest BCUT2D eigenvalue weighted by molar-refractivity contribution is 7.99. The van der Waals surface area contributed by atoms with Gasteiger partial charge in [-0.1, -0.05) is 18.2 Å². The zero-order valence-electron chi connectivity index (χ0n) is 15.0. The third-order valence-electron chi connectivity index (χ3n) is 3.59. The molecule has 0 unspecified atom stereocenters. The van der Waals surface area contributed by atoms with E-state index in [-0.39, 0.29) is 18.9 Å². The third-order valence-corrected chi connectivity index (χ3v) is 5.54. The van der Waals surface area contributed by atoms with Gasteiger partial charge >= 0.3 is 5.97 Å². The summed E-state index contributed by atoms with van der Waals surface area (Å²) in [6.07, 6.45) is 3.45. The van der Waals surface area contributed by atoms with Crippen LogP contribution in [0, 0.1) is 0 Å². The maximum Gasteiger partial charge on any atom is 0.312 e. The molecule has 1 N–H and O–H groups in total. The van der Waals surface area contributed by atoms with Crippen molar-refractivity contribution in [2.24, 2.45) is 0 Å². The SMILES string of the molecule is O=C(COC(=O)Cc1csc(-c2cccnc2)n1)NCCSc1ccccc1. The maximum atomic E-state index is 11.9. The van der Waals surface area contributed by atoms with E-state index in [9.17, 15) is 9.59 Å². The van der Waals surface area contributed by atoms with Crippen LogP contribution in [0.5, 0.6) is 0 Å². The molecule has 0 aliphatic carbocycles. The first-order valence-electron chi connectivity index (χ1n) is 8.65. The summed E-state index contributed by atoms with van der Waals surface area (Å²) in [6, 6.07) is 13.7. The average Bonchev–Trinajstić information content (AvgIpc) is 3.19. The Labute approximate surface area is 171 Å². The molecule has 0 bridgehead atoms. The monoisotopic (exact) mass is 413 g/mol. The predicted octanol–water partition coefficient (Wildman–Crippen LogP) is 3.20. The molecule has 144 valence electrons. The minimum absolute atomic E-state index is 0.0356. The number of aromatic nitrogens is 2. The van der Waals surface area contributed by atoms with Crippen LogP contribution < -0.4 is 5.32 Å². The molecule has 0 aliphatic rings. The summed E-state index contributed by atoms with van der Waals surface area (Å²) >= 11 is 3.10. The Morgan fingerprint density at radius 3 is 2.79 bits per heavy atom. The molecule has 0 spiro atoms. The molecule has 6 nitrogen and oxygen atoms in total. The van der Waals surface area contributed by atoms with Crippen molar-refractivity contribution in [3.8, 4) is 10.6 Å². The van der Waals surface area contributed by atoms with Crippen LogP contribution >= 0.6 is 23.1 Å². The molecule has 3 aromatic rings. The lowest BCUT2D eigenvalue weighted by molar-refractivity contribution is -0.147. The van der Waals surface area contributed by atoms with Gasteiger partial charge in [0.05, 0.1) is 12.1 Å². The highest BCUT2D eigenvalue weighted by Crippen LogP contribution is 2.22. The number of esters is 1. The molecule has 2 aromatic heterocycles. The number of nitrogens with zero attached hydrogens (tertiary/aromatic N) is 2. The summed E-state index contributed by atoms with van der Waals surface area (Å²) in [5.41, 5.74) is 1.52. The highest BCUT2D eigenvalue weighted by atomic mass is 32.2. The van der Waals surface area contributed by atoms with E-state index in [2.05, 4.69) is 15.3 Å².